The Labute approximate surface area is 161 Å². The van der Waals surface area contributed by atoms with Crippen molar-refractivity contribution >= 4 is 29.9 Å². The molecule has 3 unspecified atom stereocenters. The van der Waals surface area contributed by atoms with Gasteiger partial charge in [-0.3, -0.25) is 4.79 Å². The molecule has 0 saturated carbocycles. The molecule has 25 heavy (non-hydrogen) atoms. The minimum absolute atomic E-state index is 0. The van der Waals surface area contributed by atoms with Crippen molar-refractivity contribution in [3.05, 3.63) is 34.9 Å². The third-order valence-corrected chi connectivity index (χ3v) is 5.55. The zero-order valence-corrected chi connectivity index (χ0v) is 16.3. The molecule has 140 valence electrons. The molecule has 1 aromatic carbocycles. The molecule has 0 aliphatic carbocycles. The third-order valence-electron chi connectivity index (χ3n) is 5.30. The Hall–Kier alpha value is -0.810. The minimum Gasteiger partial charge on any atom is -0.370 e. The lowest BCUT2D eigenvalue weighted by molar-refractivity contribution is -0.140. The molecule has 0 radical (unpaired) electrons. The first-order valence-corrected chi connectivity index (χ1v) is 9.37. The molecule has 2 aliphatic rings. The van der Waals surface area contributed by atoms with E-state index in [2.05, 4.69) is 12.2 Å². The first-order valence-electron chi connectivity index (χ1n) is 8.99. The summed E-state index contributed by atoms with van der Waals surface area (Å²) in [6.45, 7) is 6.30. The fourth-order valence-electron chi connectivity index (χ4n) is 3.69. The summed E-state index contributed by atoms with van der Waals surface area (Å²) in [6.07, 6.45) is 3.04. The van der Waals surface area contributed by atoms with Crippen molar-refractivity contribution in [3.8, 4) is 0 Å². The molecule has 2 aliphatic heterocycles. The second-order valence-corrected chi connectivity index (χ2v) is 7.48. The van der Waals surface area contributed by atoms with Crippen LogP contribution in [0.1, 0.15) is 37.9 Å². The summed E-state index contributed by atoms with van der Waals surface area (Å²) < 4.78 is 5.86. The van der Waals surface area contributed by atoms with Crippen molar-refractivity contribution in [1.29, 1.82) is 0 Å². The number of rotatable bonds is 4. The van der Waals surface area contributed by atoms with Gasteiger partial charge in [-0.25, -0.2) is 0 Å². The van der Waals surface area contributed by atoms with Gasteiger partial charge in [0.15, 0.2) is 0 Å². The van der Waals surface area contributed by atoms with Gasteiger partial charge in [0, 0.05) is 18.0 Å². The molecule has 1 amide bonds. The van der Waals surface area contributed by atoms with Crippen molar-refractivity contribution < 1.29 is 9.53 Å². The SMILES string of the molecule is CC(CC(=O)N1CCOC(c2ccc(Cl)cc2)C1)C1CCCNC1.Cl. The van der Waals surface area contributed by atoms with Crippen LogP contribution in [0.2, 0.25) is 5.02 Å². The van der Waals surface area contributed by atoms with Gasteiger partial charge < -0.3 is 15.0 Å². The Bertz CT molecular complexity index is 547. The molecule has 0 spiro atoms. The van der Waals surface area contributed by atoms with Gasteiger partial charge in [0.1, 0.15) is 6.10 Å². The first-order chi connectivity index (χ1) is 11.6. The van der Waals surface area contributed by atoms with E-state index in [0.717, 1.165) is 23.7 Å². The molecule has 6 heteroatoms. The van der Waals surface area contributed by atoms with Crippen LogP contribution < -0.4 is 5.32 Å². The van der Waals surface area contributed by atoms with E-state index >= 15 is 0 Å². The average molecular weight is 387 g/mol. The van der Waals surface area contributed by atoms with E-state index in [-0.39, 0.29) is 24.4 Å². The van der Waals surface area contributed by atoms with E-state index < -0.39 is 0 Å². The zero-order valence-electron chi connectivity index (χ0n) is 14.7. The highest BCUT2D eigenvalue weighted by molar-refractivity contribution is 6.30. The van der Waals surface area contributed by atoms with Crippen LogP contribution in [0.3, 0.4) is 0 Å². The summed E-state index contributed by atoms with van der Waals surface area (Å²) in [5.41, 5.74) is 1.08. The predicted molar refractivity (Wildman–Crippen MR) is 103 cm³/mol. The van der Waals surface area contributed by atoms with Crippen LogP contribution in [0.15, 0.2) is 24.3 Å². The number of hydrogen-bond acceptors (Lipinski definition) is 3. The monoisotopic (exact) mass is 386 g/mol. The lowest BCUT2D eigenvalue weighted by Gasteiger charge is -2.35. The van der Waals surface area contributed by atoms with Crippen molar-refractivity contribution in [2.45, 2.75) is 32.3 Å². The van der Waals surface area contributed by atoms with Crippen LogP contribution in [0.5, 0.6) is 0 Å². The molecule has 2 fully saturated rings. The summed E-state index contributed by atoms with van der Waals surface area (Å²) in [4.78, 5) is 14.7. The van der Waals surface area contributed by atoms with Gasteiger partial charge in [-0.2, -0.15) is 0 Å². The Morgan fingerprint density at radius 1 is 1.40 bits per heavy atom. The topological polar surface area (TPSA) is 41.6 Å². The summed E-state index contributed by atoms with van der Waals surface area (Å²) in [5, 5.41) is 4.17. The second kappa shape index (κ2) is 9.77. The number of morpholine rings is 1. The molecular formula is C19H28Cl2N2O2. The van der Waals surface area contributed by atoms with Gasteiger partial charge in [0.05, 0.1) is 13.2 Å². The number of benzene rings is 1. The number of piperidine rings is 1. The Morgan fingerprint density at radius 3 is 2.84 bits per heavy atom. The van der Waals surface area contributed by atoms with Gasteiger partial charge in [0.25, 0.3) is 0 Å². The van der Waals surface area contributed by atoms with Crippen LogP contribution in [0, 0.1) is 11.8 Å². The van der Waals surface area contributed by atoms with Crippen molar-refractivity contribution in [2.24, 2.45) is 11.8 Å². The molecule has 0 bridgehead atoms. The summed E-state index contributed by atoms with van der Waals surface area (Å²) in [7, 11) is 0. The van der Waals surface area contributed by atoms with E-state index in [1.165, 1.54) is 12.8 Å². The highest BCUT2D eigenvalue weighted by Gasteiger charge is 2.28. The van der Waals surface area contributed by atoms with Gasteiger partial charge >= 0.3 is 0 Å². The fourth-order valence-corrected chi connectivity index (χ4v) is 3.82. The maximum atomic E-state index is 12.7. The van der Waals surface area contributed by atoms with E-state index in [0.29, 0.717) is 38.0 Å². The summed E-state index contributed by atoms with van der Waals surface area (Å²) in [6, 6.07) is 7.72. The van der Waals surface area contributed by atoms with Crippen LogP contribution in [-0.2, 0) is 9.53 Å². The van der Waals surface area contributed by atoms with Crippen molar-refractivity contribution in [1.82, 2.24) is 10.2 Å². The zero-order chi connectivity index (χ0) is 16.9. The second-order valence-electron chi connectivity index (χ2n) is 7.04. The molecular weight excluding hydrogens is 359 g/mol. The molecule has 4 nitrogen and oxygen atoms in total. The lowest BCUT2D eigenvalue weighted by Crippen LogP contribution is -2.43. The van der Waals surface area contributed by atoms with Gasteiger partial charge in [-0.1, -0.05) is 30.7 Å². The van der Waals surface area contributed by atoms with Crippen LogP contribution in [0.25, 0.3) is 0 Å². The van der Waals surface area contributed by atoms with E-state index in [1.807, 2.05) is 29.2 Å². The molecule has 1 N–H and O–H groups in total. The smallest absolute Gasteiger partial charge is 0.223 e. The van der Waals surface area contributed by atoms with Crippen molar-refractivity contribution in [2.75, 3.05) is 32.8 Å². The number of nitrogens with zero attached hydrogens (tertiary/aromatic N) is 1. The number of hydrogen-bond donors (Lipinski definition) is 1. The molecule has 3 atom stereocenters. The molecule has 0 aromatic heterocycles. The quantitative estimate of drug-likeness (QED) is 0.857. The standard InChI is InChI=1S/C19H27ClN2O2.ClH/c1-14(16-3-2-8-21-12-16)11-19(23)22-9-10-24-18(13-22)15-4-6-17(20)7-5-15;/h4-7,14,16,18,21H,2-3,8-13H2,1H3;1H. The van der Waals surface area contributed by atoms with Gasteiger partial charge in [-0.05, 0) is 55.5 Å². The lowest BCUT2D eigenvalue weighted by atomic mass is 9.85. The van der Waals surface area contributed by atoms with E-state index in [4.69, 9.17) is 16.3 Å². The van der Waals surface area contributed by atoms with Crippen LogP contribution in [0.4, 0.5) is 0 Å². The summed E-state index contributed by atoms with van der Waals surface area (Å²) in [5.74, 6) is 1.31. The normalized spacial score (nSPS) is 25.1. The first kappa shape index (κ1) is 20.5. The highest BCUT2D eigenvalue weighted by Crippen LogP contribution is 2.27. The number of carbonyl (C=O) groups excluding carboxylic acids is 1. The van der Waals surface area contributed by atoms with E-state index in [1.54, 1.807) is 0 Å². The Morgan fingerprint density at radius 2 is 2.16 bits per heavy atom. The van der Waals surface area contributed by atoms with E-state index in [9.17, 15) is 4.79 Å². The fraction of sp³-hybridized carbons (Fsp3) is 0.632. The molecule has 3 rings (SSSR count). The molecule has 2 heterocycles. The number of ether oxygens (including phenoxy) is 1. The maximum absolute atomic E-state index is 12.7. The highest BCUT2D eigenvalue weighted by atomic mass is 35.5. The molecule has 2 saturated heterocycles. The van der Waals surface area contributed by atoms with Crippen molar-refractivity contribution in [3.63, 3.8) is 0 Å². The largest absolute Gasteiger partial charge is 0.370 e. The number of amides is 1. The Kier molecular flexibility index (Phi) is 8.01. The van der Waals surface area contributed by atoms with Crippen LogP contribution in [-0.4, -0.2) is 43.6 Å². The minimum atomic E-state index is -0.0494. The average Bonchev–Trinajstić information content (AvgIpc) is 2.63. The number of nitrogens with one attached hydrogen (secondary N) is 1. The third kappa shape index (κ3) is 5.58. The summed E-state index contributed by atoms with van der Waals surface area (Å²) >= 11 is 5.95. The van der Waals surface area contributed by atoms with Gasteiger partial charge in [0.2, 0.25) is 5.91 Å². The molecule has 1 aromatic rings. The number of carbonyl (C=O) groups is 1. The van der Waals surface area contributed by atoms with Crippen LogP contribution >= 0.6 is 24.0 Å². The number of halogens is 2. The Balaban J connectivity index is 0.00000225. The van der Waals surface area contributed by atoms with Gasteiger partial charge in [-0.15, -0.1) is 12.4 Å². The predicted octanol–water partition coefficient (Wildman–Crippen LogP) is 3.69. The maximum Gasteiger partial charge on any atom is 0.223 e.